The molecule has 6 nitrogen and oxygen atoms in total. The molecule has 1 aromatic carbocycles. The molecule has 0 saturated heterocycles. The predicted octanol–water partition coefficient (Wildman–Crippen LogP) is 5.60. The zero-order valence-electron chi connectivity index (χ0n) is 18.8. The lowest BCUT2D eigenvalue weighted by molar-refractivity contribution is -0.140. The van der Waals surface area contributed by atoms with Crippen LogP contribution in [0.3, 0.4) is 0 Å². The van der Waals surface area contributed by atoms with E-state index in [1.54, 1.807) is 35.2 Å². The van der Waals surface area contributed by atoms with Gasteiger partial charge in [0.1, 0.15) is 4.83 Å². The van der Waals surface area contributed by atoms with Crippen molar-refractivity contribution in [2.24, 2.45) is 0 Å². The maximum Gasteiger partial charge on any atom is 0.435 e. The highest BCUT2D eigenvalue weighted by molar-refractivity contribution is 7.20. The van der Waals surface area contributed by atoms with Crippen LogP contribution in [-0.4, -0.2) is 36.9 Å². The second-order valence-corrected chi connectivity index (χ2v) is 8.74. The Balaban J connectivity index is 1.75. The number of para-hydroxylation sites is 1. The Morgan fingerprint density at radius 2 is 1.82 bits per heavy atom. The van der Waals surface area contributed by atoms with E-state index >= 15 is 0 Å². The summed E-state index contributed by atoms with van der Waals surface area (Å²) in [6.45, 7) is 9.19. The minimum Gasteiger partial charge on any atom is -0.334 e. The van der Waals surface area contributed by atoms with Gasteiger partial charge in [-0.05, 0) is 45.9 Å². The van der Waals surface area contributed by atoms with Crippen molar-refractivity contribution < 1.29 is 18.0 Å². The van der Waals surface area contributed by atoms with Gasteiger partial charge in [0.25, 0.3) is 5.91 Å². The number of nitrogens with zero attached hydrogens (tertiary/aromatic N) is 5. The van der Waals surface area contributed by atoms with E-state index in [-0.39, 0.29) is 16.2 Å². The average Bonchev–Trinajstić information content (AvgIpc) is 3.44. The molecule has 0 atom stereocenters. The third kappa shape index (κ3) is 4.15. The van der Waals surface area contributed by atoms with E-state index in [1.807, 2.05) is 32.4 Å². The zero-order chi connectivity index (χ0) is 23.9. The SMILES string of the molecule is CCN(Cc1c(C)nn(CC)c1C)C(=O)c1cc2c(C(F)(F)F)nn(-c3ccccc3)c2s1. The summed E-state index contributed by atoms with van der Waals surface area (Å²) in [5.74, 6) is -0.311. The highest BCUT2D eigenvalue weighted by Gasteiger charge is 2.38. The van der Waals surface area contributed by atoms with Gasteiger partial charge in [-0.2, -0.15) is 23.4 Å². The molecule has 3 aromatic heterocycles. The Labute approximate surface area is 193 Å². The lowest BCUT2D eigenvalue weighted by atomic mass is 10.1. The third-order valence-corrected chi connectivity index (χ3v) is 6.79. The maximum atomic E-state index is 13.7. The van der Waals surface area contributed by atoms with Crippen molar-refractivity contribution in [3.05, 3.63) is 63.9 Å². The van der Waals surface area contributed by atoms with Gasteiger partial charge in [0.2, 0.25) is 0 Å². The van der Waals surface area contributed by atoms with Crippen molar-refractivity contribution in [3.63, 3.8) is 0 Å². The van der Waals surface area contributed by atoms with E-state index in [9.17, 15) is 18.0 Å². The van der Waals surface area contributed by atoms with E-state index in [0.717, 1.165) is 34.8 Å². The van der Waals surface area contributed by atoms with Gasteiger partial charge in [-0.15, -0.1) is 11.3 Å². The smallest absolute Gasteiger partial charge is 0.334 e. The Morgan fingerprint density at radius 1 is 1.12 bits per heavy atom. The lowest BCUT2D eigenvalue weighted by Crippen LogP contribution is -2.30. The molecule has 0 aliphatic carbocycles. The molecule has 174 valence electrons. The Morgan fingerprint density at radius 3 is 2.39 bits per heavy atom. The quantitative estimate of drug-likeness (QED) is 0.365. The lowest BCUT2D eigenvalue weighted by Gasteiger charge is -2.20. The molecule has 4 aromatic rings. The van der Waals surface area contributed by atoms with Crippen LogP contribution in [0, 0.1) is 13.8 Å². The number of benzene rings is 1. The molecule has 0 N–H and O–H groups in total. The van der Waals surface area contributed by atoms with Crippen LogP contribution in [0.2, 0.25) is 0 Å². The molecular weight excluding hydrogens is 451 g/mol. The monoisotopic (exact) mass is 475 g/mol. The topological polar surface area (TPSA) is 56.0 Å². The van der Waals surface area contributed by atoms with Crippen molar-refractivity contribution in [1.29, 1.82) is 0 Å². The molecule has 0 unspecified atom stereocenters. The van der Waals surface area contributed by atoms with E-state index in [0.29, 0.717) is 23.6 Å². The number of aryl methyl sites for hydroxylation is 2. The highest BCUT2D eigenvalue weighted by atomic mass is 32.1. The Bertz CT molecular complexity index is 1300. The second kappa shape index (κ2) is 8.66. The maximum absolute atomic E-state index is 13.7. The number of halogens is 3. The first kappa shape index (κ1) is 23.0. The van der Waals surface area contributed by atoms with Gasteiger partial charge in [-0.25, -0.2) is 4.68 Å². The summed E-state index contributed by atoms with van der Waals surface area (Å²) >= 11 is 1.02. The summed E-state index contributed by atoms with van der Waals surface area (Å²) in [6, 6.07) is 9.93. The molecule has 0 aliphatic heterocycles. The van der Waals surface area contributed by atoms with E-state index in [2.05, 4.69) is 10.2 Å². The van der Waals surface area contributed by atoms with Gasteiger partial charge in [0.15, 0.2) is 5.69 Å². The first-order valence-corrected chi connectivity index (χ1v) is 11.4. The number of aromatic nitrogens is 4. The molecule has 0 spiro atoms. The molecule has 0 fully saturated rings. The van der Waals surface area contributed by atoms with Crippen LogP contribution < -0.4 is 0 Å². The van der Waals surface area contributed by atoms with Gasteiger partial charge in [0, 0.05) is 36.3 Å². The van der Waals surface area contributed by atoms with Crippen LogP contribution in [0.15, 0.2) is 36.4 Å². The summed E-state index contributed by atoms with van der Waals surface area (Å²) in [5, 5.41) is 8.26. The number of thiophene rings is 1. The van der Waals surface area contributed by atoms with Crippen molar-refractivity contribution >= 4 is 27.5 Å². The summed E-state index contributed by atoms with van der Waals surface area (Å²) in [6.07, 6.45) is -4.63. The normalized spacial score (nSPS) is 12.0. The minimum atomic E-state index is -4.63. The number of rotatable bonds is 6. The molecule has 4 rings (SSSR count). The first-order chi connectivity index (χ1) is 15.7. The summed E-state index contributed by atoms with van der Waals surface area (Å²) in [4.78, 5) is 15.5. The van der Waals surface area contributed by atoms with Gasteiger partial charge in [-0.3, -0.25) is 9.48 Å². The molecule has 0 aliphatic rings. The standard InChI is InChI=1S/C23H24F3N5OS/c1-5-29(13-18-14(3)27-30(6-2)15(18)4)21(32)19-12-17-20(23(24,25)26)28-31(22(17)33-19)16-10-8-7-9-11-16/h7-12H,5-6,13H2,1-4H3. The fourth-order valence-electron chi connectivity index (χ4n) is 3.91. The number of fused-ring (bicyclic) bond motifs is 1. The highest BCUT2D eigenvalue weighted by Crippen LogP contribution is 2.39. The van der Waals surface area contributed by atoms with Gasteiger partial charge in [0.05, 0.1) is 16.3 Å². The molecule has 0 radical (unpaired) electrons. The average molecular weight is 476 g/mol. The molecule has 3 heterocycles. The summed E-state index contributed by atoms with van der Waals surface area (Å²) < 4.78 is 44.3. The van der Waals surface area contributed by atoms with Crippen LogP contribution in [0.1, 0.15) is 46.2 Å². The minimum absolute atomic E-state index is 0.0677. The van der Waals surface area contributed by atoms with Crippen molar-refractivity contribution in [3.8, 4) is 5.69 Å². The molecule has 0 bridgehead atoms. The van der Waals surface area contributed by atoms with Crippen molar-refractivity contribution in [2.45, 2.75) is 47.0 Å². The fourth-order valence-corrected chi connectivity index (χ4v) is 5.01. The van der Waals surface area contributed by atoms with Crippen LogP contribution in [0.25, 0.3) is 15.9 Å². The fraction of sp³-hybridized carbons (Fsp3) is 0.348. The van der Waals surface area contributed by atoms with E-state index < -0.39 is 11.9 Å². The van der Waals surface area contributed by atoms with E-state index in [4.69, 9.17) is 0 Å². The van der Waals surface area contributed by atoms with Crippen LogP contribution >= 0.6 is 11.3 Å². The molecule has 33 heavy (non-hydrogen) atoms. The van der Waals surface area contributed by atoms with Crippen LogP contribution in [0.5, 0.6) is 0 Å². The second-order valence-electron chi connectivity index (χ2n) is 7.71. The number of amides is 1. The molecular formula is C23H24F3N5OS. The summed E-state index contributed by atoms with van der Waals surface area (Å²) in [5.41, 5.74) is 2.30. The largest absolute Gasteiger partial charge is 0.435 e. The van der Waals surface area contributed by atoms with Gasteiger partial charge < -0.3 is 4.90 Å². The van der Waals surface area contributed by atoms with Gasteiger partial charge in [-0.1, -0.05) is 18.2 Å². The van der Waals surface area contributed by atoms with E-state index in [1.165, 1.54) is 10.7 Å². The first-order valence-electron chi connectivity index (χ1n) is 10.6. The Hall–Kier alpha value is -3.14. The number of hydrogen-bond acceptors (Lipinski definition) is 4. The summed E-state index contributed by atoms with van der Waals surface area (Å²) in [7, 11) is 0. The van der Waals surface area contributed by atoms with Gasteiger partial charge >= 0.3 is 6.18 Å². The number of carbonyl (C=O) groups is 1. The number of alkyl halides is 3. The molecule has 10 heteroatoms. The number of carbonyl (C=O) groups excluding carboxylic acids is 1. The molecule has 1 amide bonds. The third-order valence-electron chi connectivity index (χ3n) is 5.69. The van der Waals surface area contributed by atoms with Crippen LogP contribution in [-0.2, 0) is 19.3 Å². The van der Waals surface area contributed by atoms with Crippen LogP contribution in [0.4, 0.5) is 13.2 Å². The molecule has 0 saturated carbocycles. The van der Waals surface area contributed by atoms with Crippen molar-refractivity contribution in [1.82, 2.24) is 24.5 Å². The predicted molar refractivity (Wildman–Crippen MR) is 122 cm³/mol. The zero-order valence-corrected chi connectivity index (χ0v) is 19.6. The van der Waals surface area contributed by atoms with Crippen molar-refractivity contribution in [2.75, 3.05) is 6.54 Å². The number of hydrogen-bond donors (Lipinski definition) is 0. The Kier molecular flexibility index (Phi) is 6.04.